The smallest absolute Gasteiger partial charge is 0.0699 e. The van der Waals surface area contributed by atoms with Crippen LogP contribution in [0.15, 0.2) is 48.5 Å². The Labute approximate surface area is 204 Å². The van der Waals surface area contributed by atoms with Gasteiger partial charge in [-0.25, -0.2) is 0 Å². The van der Waals surface area contributed by atoms with Crippen molar-refractivity contribution in [1.82, 2.24) is 4.90 Å². The topological polar surface area (TPSA) is 27.0 Å². The highest BCUT2D eigenvalue weighted by Gasteiger charge is 2.48. The first-order valence-corrected chi connectivity index (χ1v) is 12.8. The number of hydrogen-bond acceptors (Lipinski definition) is 2. The molecule has 0 saturated heterocycles. The van der Waals surface area contributed by atoms with Gasteiger partial charge in [-0.05, 0) is 86.7 Å². The average molecular weight is 472 g/mol. The quantitative estimate of drug-likeness (QED) is 0.316. The van der Waals surface area contributed by atoms with Crippen molar-refractivity contribution in [2.75, 3.05) is 19.6 Å². The fraction of sp³-hybridized carbons (Fsp3) is 0.536. The summed E-state index contributed by atoms with van der Waals surface area (Å²) in [6, 6.07) is 19.3. The first kappa shape index (κ1) is 25.1. The van der Waals surface area contributed by atoms with Crippen molar-refractivity contribution in [2.45, 2.75) is 75.0 Å². The predicted octanol–water partition coefficient (Wildman–Crippen LogP) is 7.56. The van der Waals surface area contributed by atoms with E-state index in [1.165, 1.54) is 48.6 Å². The van der Waals surface area contributed by atoms with Crippen LogP contribution in [-0.4, -0.2) is 24.5 Å². The van der Waals surface area contributed by atoms with E-state index in [-0.39, 0.29) is 9.75 Å². The standard InChI is InChI=1S/C26H33Cl2N.C2H3N/c1-2-18-29(20-13-21-8-4-3-5-9-21)19-7-10-22-23(25(27)14-15-25)11-6-12-24(22)26(28)16-17-26;1-2-3/h3-6,8-9,11-12H,2,7,10,13-20H2,1H3;1H3. The first-order chi connectivity index (χ1) is 15.5. The molecule has 4 rings (SSSR count). The van der Waals surface area contributed by atoms with Gasteiger partial charge in [-0.15, -0.1) is 23.2 Å². The maximum absolute atomic E-state index is 7.32. The van der Waals surface area contributed by atoms with Crippen LogP contribution in [0.2, 0.25) is 0 Å². The van der Waals surface area contributed by atoms with Crippen molar-refractivity contribution in [2.24, 2.45) is 0 Å². The van der Waals surface area contributed by atoms with Crippen LogP contribution in [0.25, 0.3) is 0 Å². The van der Waals surface area contributed by atoms with Crippen molar-refractivity contribution in [3.63, 3.8) is 0 Å². The van der Waals surface area contributed by atoms with Crippen molar-refractivity contribution < 1.29 is 0 Å². The molecule has 2 aromatic carbocycles. The third-order valence-corrected chi connectivity index (χ3v) is 7.68. The predicted molar refractivity (Wildman–Crippen MR) is 136 cm³/mol. The van der Waals surface area contributed by atoms with Gasteiger partial charge in [-0.2, -0.15) is 5.26 Å². The summed E-state index contributed by atoms with van der Waals surface area (Å²) < 4.78 is 0. The zero-order valence-electron chi connectivity index (χ0n) is 19.5. The van der Waals surface area contributed by atoms with Crippen LogP contribution >= 0.6 is 23.2 Å². The molecule has 2 saturated carbocycles. The Bertz CT molecular complexity index is 859. The van der Waals surface area contributed by atoms with Gasteiger partial charge in [-0.3, -0.25) is 0 Å². The molecule has 0 aliphatic heterocycles. The van der Waals surface area contributed by atoms with Gasteiger partial charge in [0.05, 0.1) is 15.8 Å². The molecule has 32 heavy (non-hydrogen) atoms. The van der Waals surface area contributed by atoms with E-state index in [1.807, 2.05) is 0 Å². The molecule has 2 aromatic rings. The van der Waals surface area contributed by atoms with Crippen molar-refractivity contribution in [1.29, 1.82) is 5.26 Å². The molecule has 2 fully saturated rings. The number of nitrogens with zero attached hydrogens (tertiary/aromatic N) is 2. The van der Waals surface area contributed by atoms with Gasteiger partial charge in [0.15, 0.2) is 0 Å². The fourth-order valence-electron chi connectivity index (χ4n) is 4.52. The van der Waals surface area contributed by atoms with Gasteiger partial charge in [0, 0.05) is 13.5 Å². The van der Waals surface area contributed by atoms with Crippen molar-refractivity contribution in [3.8, 4) is 6.07 Å². The van der Waals surface area contributed by atoms with E-state index in [2.05, 4.69) is 60.4 Å². The minimum absolute atomic E-state index is 0.121. The van der Waals surface area contributed by atoms with Crippen molar-refractivity contribution >= 4 is 23.2 Å². The second-order valence-corrected chi connectivity index (χ2v) is 10.6. The minimum atomic E-state index is -0.121. The molecule has 2 aliphatic rings. The second-order valence-electron chi connectivity index (χ2n) is 9.17. The maximum Gasteiger partial charge on any atom is 0.0699 e. The Balaban J connectivity index is 0.000000913. The molecule has 4 heteroatoms. The van der Waals surface area contributed by atoms with E-state index in [1.54, 1.807) is 6.07 Å². The summed E-state index contributed by atoms with van der Waals surface area (Å²) in [4.78, 5) is 2.38. The third kappa shape index (κ3) is 6.74. The number of alkyl halides is 2. The molecule has 0 heterocycles. The summed E-state index contributed by atoms with van der Waals surface area (Å²) in [6.45, 7) is 7.14. The van der Waals surface area contributed by atoms with Crippen molar-refractivity contribution in [3.05, 3.63) is 70.8 Å². The molecular weight excluding hydrogens is 435 g/mol. The number of halogens is 2. The highest BCUT2D eigenvalue weighted by atomic mass is 35.5. The Morgan fingerprint density at radius 3 is 1.91 bits per heavy atom. The second kappa shape index (κ2) is 11.6. The zero-order chi connectivity index (χ0) is 23.0. The van der Waals surface area contributed by atoms with Crippen LogP contribution < -0.4 is 0 Å². The summed E-state index contributed by atoms with van der Waals surface area (Å²) >= 11 is 13.7. The van der Waals surface area contributed by atoms with Crippen LogP contribution in [0.1, 0.15) is 74.6 Å². The lowest BCUT2D eigenvalue weighted by Gasteiger charge is -2.24. The molecule has 0 spiro atoms. The van der Waals surface area contributed by atoms with Gasteiger partial charge in [-0.1, -0.05) is 55.5 Å². The van der Waals surface area contributed by atoms with Gasteiger partial charge < -0.3 is 4.90 Å². The normalized spacial score (nSPS) is 17.2. The van der Waals surface area contributed by atoms with Crippen LogP contribution in [0, 0.1) is 11.3 Å². The highest BCUT2D eigenvalue weighted by molar-refractivity contribution is 6.27. The zero-order valence-corrected chi connectivity index (χ0v) is 21.1. The molecule has 0 aromatic heterocycles. The Kier molecular flexibility index (Phi) is 9.06. The monoisotopic (exact) mass is 470 g/mol. The maximum atomic E-state index is 7.32. The van der Waals surface area contributed by atoms with Crippen LogP contribution in [0.4, 0.5) is 0 Å². The lowest BCUT2D eigenvalue weighted by atomic mass is 9.91. The molecule has 0 radical (unpaired) electrons. The van der Waals surface area contributed by atoms with E-state index in [4.69, 9.17) is 28.5 Å². The lowest BCUT2D eigenvalue weighted by molar-refractivity contribution is 0.274. The van der Waals surface area contributed by atoms with Gasteiger partial charge >= 0.3 is 0 Å². The molecule has 172 valence electrons. The Morgan fingerprint density at radius 2 is 1.41 bits per heavy atom. The molecular formula is C28H36Cl2N2. The minimum Gasteiger partial charge on any atom is -0.303 e. The summed E-state index contributed by atoms with van der Waals surface area (Å²) in [5.74, 6) is 0. The van der Waals surface area contributed by atoms with E-state index in [0.717, 1.165) is 51.6 Å². The third-order valence-electron chi connectivity index (χ3n) is 6.52. The number of hydrogen-bond donors (Lipinski definition) is 0. The molecule has 0 amide bonds. The molecule has 0 N–H and O–H groups in total. The molecule has 0 atom stereocenters. The largest absolute Gasteiger partial charge is 0.303 e. The van der Waals surface area contributed by atoms with E-state index in [9.17, 15) is 0 Å². The van der Waals surface area contributed by atoms with E-state index >= 15 is 0 Å². The summed E-state index contributed by atoms with van der Waals surface area (Å²) in [5, 5.41) is 7.32. The summed E-state index contributed by atoms with van der Waals surface area (Å²) in [7, 11) is 0. The fourth-order valence-corrected chi connectivity index (χ4v) is 5.06. The number of benzene rings is 2. The molecule has 0 bridgehead atoms. The van der Waals surface area contributed by atoms with E-state index < -0.39 is 0 Å². The van der Waals surface area contributed by atoms with Gasteiger partial charge in [0.1, 0.15) is 0 Å². The first-order valence-electron chi connectivity index (χ1n) is 12.0. The summed E-state index contributed by atoms with van der Waals surface area (Å²) in [6.07, 6.45) is 8.96. The van der Waals surface area contributed by atoms with Crippen LogP contribution in [-0.2, 0) is 22.6 Å². The van der Waals surface area contributed by atoms with Crippen LogP contribution in [0.3, 0.4) is 0 Å². The van der Waals surface area contributed by atoms with E-state index in [0.29, 0.717) is 0 Å². The number of rotatable bonds is 11. The van der Waals surface area contributed by atoms with Gasteiger partial charge in [0.2, 0.25) is 0 Å². The summed E-state index contributed by atoms with van der Waals surface area (Å²) in [5.41, 5.74) is 5.59. The average Bonchev–Trinajstić information content (AvgIpc) is 3.72. The number of nitriles is 1. The molecule has 2 nitrogen and oxygen atoms in total. The molecule has 0 unspecified atom stereocenters. The highest BCUT2D eigenvalue weighted by Crippen LogP contribution is 2.58. The Morgan fingerprint density at radius 1 is 0.844 bits per heavy atom. The molecule has 2 aliphatic carbocycles. The van der Waals surface area contributed by atoms with Crippen LogP contribution in [0.5, 0.6) is 0 Å². The lowest BCUT2D eigenvalue weighted by Crippen LogP contribution is -2.28. The SMILES string of the molecule is CC#N.CCCN(CCCc1c(C2(Cl)CC2)cccc1C1(Cl)CC1)CCc1ccccc1. The Hall–Kier alpha value is -1.53. The van der Waals surface area contributed by atoms with Gasteiger partial charge in [0.25, 0.3) is 0 Å².